The molecule has 0 bridgehead atoms. The first-order valence-corrected chi connectivity index (χ1v) is 7.50. The van der Waals surface area contributed by atoms with Gasteiger partial charge < -0.3 is 14.2 Å². The lowest BCUT2D eigenvalue weighted by atomic mass is 10.2. The first-order valence-electron chi connectivity index (χ1n) is 7.50. The summed E-state index contributed by atoms with van der Waals surface area (Å²) in [4.78, 5) is 34.4. The Morgan fingerprint density at radius 1 is 0.958 bits per heavy atom. The van der Waals surface area contributed by atoms with Crippen molar-refractivity contribution in [2.45, 2.75) is 27.2 Å². The molecule has 1 aromatic carbocycles. The zero-order chi connectivity index (χ0) is 18.5. The molecular weight excluding hydrogens is 312 g/mol. The van der Waals surface area contributed by atoms with Crippen LogP contribution in [0.4, 0.5) is 0 Å². The Balaban J connectivity index is 0.00000254. The summed E-state index contributed by atoms with van der Waals surface area (Å²) in [6.07, 6.45) is 2.60. The topological polar surface area (TPSA) is 78.9 Å². The highest BCUT2D eigenvalue weighted by atomic mass is 16.5. The summed E-state index contributed by atoms with van der Waals surface area (Å²) in [6, 6.07) is 3.91. The normalized spacial score (nSPS) is 8.96. The Morgan fingerprint density at radius 3 is 1.79 bits per heavy atom. The van der Waals surface area contributed by atoms with E-state index in [0.717, 1.165) is 12.2 Å². The number of hydrogen-bond donors (Lipinski definition) is 0. The van der Waals surface area contributed by atoms with Crippen molar-refractivity contribution in [1.29, 1.82) is 0 Å². The van der Waals surface area contributed by atoms with E-state index in [0.29, 0.717) is 6.42 Å². The first kappa shape index (κ1) is 21.1. The maximum Gasteiger partial charge on any atom is 0.338 e. The molecule has 6 nitrogen and oxygen atoms in total. The van der Waals surface area contributed by atoms with Crippen molar-refractivity contribution >= 4 is 17.9 Å². The number of carbonyl (C=O) groups is 3. The third-order valence-corrected chi connectivity index (χ3v) is 2.32. The van der Waals surface area contributed by atoms with Gasteiger partial charge in [-0.15, -0.1) is 0 Å². The van der Waals surface area contributed by atoms with E-state index < -0.39 is 17.9 Å². The highest BCUT2D eigenvalue weighted by Gasteiger charge is 2.14. The summed E-state index contributed by atoms with van der Waals surface area (Å²) in [5, 5.41) is 0. The van der Waals surface area contributed by atoms with Crippen LogP contribution in [0, 0.1) is 0 Å². The minimum atomic E-state index is -0.708. The second-order valence-corrected chi connectivity index (χ2v) is 4.08. The smallest absolute Gasteiger partial charge is 0.338 e. The van der Waals surface area contributed by atoms with E-state index in [1.165, 1.54) is 18.2 Å². The molecule has 1 aromatic rings. The van der Waals surface area contributed by atoms with Gasteiger partial charge in [-0.1, -0.05) is 33.9 Å². The van der Waals surface area contributed by atoms with E-state index in [1.54, 1.807) is 0 Å². The van der Waals surface area contributed by atoms with Crippen LogP contribution in [0.15, 0.2) is 43.5 Å². The van der Waals surface area contributed by atoms with Gasteiger partial charge in [0.15, 0.2) is 0 Å². The van der Waals surface area contributed by atoms with E-state index in [4.69, 9.17) is 14.2 Å². The van der Waals surface area contributed by atoms with E-state index in [1.807, 2.05) is 20.8 Å². The van der Waals surface area contributed by atoms with Gasteiger partial charge in [-0.25, -0.2) is 14.4 Å². The lowest BCUT2D eigenvalue weighted by Crippen LogP contribution is -2.10. The second kappa shape index (κ2) is 11.6. The van der Waals surface area contributed by atoms with Crippen molar-refractivity contribution < 1.29 is 28.6 Å². The monoisotopic (exact) mass is 334 g/mol. The molecule has 0 saturated carbocycles. The van der Waals surface area contributed by atoms with E-state index in [9.17, 15) is 14.4 Å². The van der Waals surface area contributed by atoms with E-state index in [-0.39, 0.29) is 23.7 Å². The lowest BCUT2D eigenvalue weighted by molar-refractivity contribution is -0.129. The molecule has 0 fully saturated rings. The second-order valence-electron chi connectivity index (χ2n) is 4.08. The molecule has 0 aliphatic rings. The molecule has 0 amide bonds. The van der Waals surface area contributed by atoms with Gasteiger partial charge in [-0.3, -0.25) is 0 Å². The lowest BCUT2D eigenvalue weighted by Gasteiger charge is -2.09. The van der Waals surface area contributed by atoms with Crippen molar-refractivity contribution in [3.8, 4) is 11.5 Å². The molecule has 24 heavy (non-hydrogen) atoms. The molecule has 0 heterocycles. The van der Waals surface area contributed by atoms with Crippen LogP contribution in [-0.2, 0) is 14.3 Å². The summed E-state index contributed by atoms with van der Waals surface area (Å²) in [6.45, 7) is 12.6. The Kier molecular flexibility index (Phi) is 10.2. The molecule has 0 aliphatic carbocycles. The molecule has 0 spiro atoms. The van der Waals surface area contributed by atoms with Crippen LogP contribution >= 0.6 is 0 Å². The van der Waals surface area contributed by atoms with Gasteiger partial charge in [0, 0.05) is 18.2 Å². The molecule has 0 aliphatic heterocycles. The largest absolute Gasteiger partial charge is 0.462 e. The molecule has 0 unspecified atom stereocenters. The van der Waals surface area contributed by atoms with Gasteiger partial charge in [0.25, 0.3) is 0 Å². The van der Waals surface area contributed by atoms with Crippen LogP contribution < -0.4 is 9.47 Å². The number of ether oxygens (including phenoxy) is 3. The zero-order valence-electron chi connectivity index (χ0n) is 14.2. The number of hydrogen-bond acceptors (Lipinski definition) is 6. The maximum atomic E-state index is 11.9. The summed E-state index contributed by atoms with van der Waals surface area (Å²) < 4.78 is 14.9. The van der Waals surface area contributed by atoms with Crippen molar-refractivity contribution in [2.24, 2.45) is 0 Å². The first-order chi connectivity index (χ1) is 11.5. The number of benzene rings is 1. The summed E-state index contributed by atoms with van der Waals surface area (Å²) in [5.74, 6) is -1.97. The molecular formula is C18H22O6. The molecule has 6 heteroatoms. The van der Waals surface area contributed by atoms with Gasteiger partial charge in [0.1, 0.15) is 11.5 Å². The molecule has 0 N–H and O–H groups in total. The van der Waals surface area contributed by atoms with E-state index >= 15 is 0 Å². The highest BCUT2D eigenvalue weighted by molar-refractivity contribution is 5.92. The number of carbonyl (C=O) groups excluding carboxylic acids is 3. The third-order valence-electron chi connectivity index (χ3n) is 2.32. The van der Waals surface area contributed by atoms with Crippen molar-refractivity contribution in [3.05, 3.63) is 49.1 Å². The van der Waals surface area contributed by atoms with Gasteiger partial charge in [-0.2, -0.15) is 0 Å². The van der Waals surface area contributed by atoms with Gasteiger partial charge in [0.2, 0.25) is 0 Å². The zero-order valence-corrected chi connectivity index (χ0v) is 14.2. The molecule has 0 atom stereocenters. The average Bonchev–Trinajstić information content (AvgIpc) is 2.60. The molecule has 0 saturated heterocycles. The SMILES string of the molecule is C=CC(=O)Oc1cc(OC(=O)C=C)cc(C(=O)OCCC)c1.CC. The Hall–Kier alpha value is -2.89. The molecule has 0 aromatic heterocycles. The molecule has 0 radical (unpaired) electrons. The quantitative estimate of drug-likeness (QED) is 0.432. The van der Waals surface area contributed by atoms with Crippen molar-refractivity contribution in [2.75, 3.05) is 6.61 Å². The van der Waals surface area contributed by atoms with Gasteiger partial charge >= 0.3 is 17.9 Å². The fraction of sp³-hybridized carbons (Fsp3) is 0.278. The van der Waals surface area contributed by atoms with Crippen LogP contribution in [-0.4, -0.2) is 24.5 Å². The van der Waals surface area contributed by atoms with Gasteiger partial charge in [0.05, 0.1) is 12.2 Å². The standard InChI is InChI=1S/C16H16O6.C2H6/c1-4-7-20-16(19)11-8-12(21-14(17)5-2)10-13(9-11)22-15(18)6-3;1-2/h5-6,8-10H,2-4,7H2,1H3;1-2H3. The van der Waals surface area contributed by atoms with E-state index in [2.05, 4.69) is 13.2 Å². The Bertz CT molecular complexity index is 563. The summed E-state index contributed by atoms with van der Waals surface area (Å²) in [5.41, 5.74) is 0.0923. The van der Waals surface area contributed by atoms with Crippen molar-refractivity contribution in [3.63, 3.8) is 0 Å². The van der Waals surface area contributed by atoms with Crippen LogP contribution in [0.2, 0.25) is 0 Å². The van der Waals surface area contributed by atoms with Crippen LogP contribution in [0.1, 0.15) is 37.6 Å². The minimum Gasteiger partial charge on any atom is -0.462 e. The fourth-order valence-electron chi connectivity index (χ4n) is 1.40. The molecule has 1 rings (SSSR count). The van der Waals surface area contributed by atoms with Crippen LogP contribution in [0.25, 0.3) is 0 Å². The highest BCUT2D eigenvalue weighted by Crippen LogP contribution is 2.24. The predicted molar refractivity (Wildman–Crippen MR) is 90.0 cm³/mol. The van der Waals surface area contributed by atoms with Crippen molar-refractivity contribution in [1.82, 2.24) is 0 Å². The number of esters is 3. The van der Waals surface area contributed by atoms with Crippen LogP contribution in [0.5, 0.6) is 11.5 Å². The Labute approximate surface area is 141 Å². The predicted octanol–water partition coefficient (Wildman–Crippen LogP) is 3.46. The molecule has 130 valence electrons. The summed E-state index contributed by atoms with van der Waals surface area (Å²) in [7, 11) is 0. The maximum absolute atomic E-state index is 11.9. The third kappa shape index (κ3) is 7.40. The average molecular weight is 334 g/mol. The van der Waals surface area contributed by atoms with Gasteiger partial charge in [-0.05, 0) is 18.6 Å². The minimum absolute atomic E-state index is 0.0303. The Morgan fingerprint density at radius 2 is 1.42 bits per heavy atom. The fourth-order valence-corrected chi connectivity index (χ4v) is 1.40. The van der Waals surface area contributed by atoms with Crippen LogP contribution in [0.3, 0.4) is 0 Å². The summed E-state index contributed by atoms with van der Waals surface area (Å²) >= 11 is 0. The number of rotatable bonds is 7.